The molecule has 0 spiro atoms. The van der Waals surface area contributed by atoms with E-state index in [1.807, 2.05) is 24.3 Å². The van der Waals surface area contributed by atoms with Gasteiger partial charge in [-0.15, -0.1) is 0 Å². The summed E-state index contributed by atoms with van der Waals surface area (Å²) in [6, 6.07) is 25.4. The van der Waals surface area contributed by atoms with Gasteiger partial charge in [0, 0.05) is 18.2 Å². The summed E-state index contributed by atoms with van der Waals surface area (Å²) in [6.45, 7) is 0. The maximum absolute atomic E-state index is 11.2. The standard InChI is InChI=1S/C18H16.C9H7NO/c1-3-7-15-13(5-1)9-11-18-16-8-4-2-6-14(16)10-12-17(15)18;11-9-5-6-10-8-4-2-1-3-7(8)9/h1,3,5,7,9-12H,2,4,6,8H2;1-4,6H,5H2. The molecule has 0 N–H and O–H groups in total. The van der Waals surface area contributed by atoms with Crippen LogP contribution in [0.1, 0.15) is 40.7 Å². The average Bonchev–Trinajstić information content (AvgIpc) is 2.79. The first-order valence-corrected chi connectivity index (χ1v) is 10.4. The van der Waals surface area contributed by atoms with Crippen molar-refractivity contribution in [2.24, 2.45) is 4.99 Å². The van der Waals surface area contributed by atoms with Gasteiger partial charge in [-0.1, -0.05) is 60.7 Å². The molecule has 1 aliphatic carbocycles. The van der Waals surface area contributed by atoms with Crippen LogP contribution in [-0.4, -0.2) is 12.0 Å². The molecule has 29 heavy (non-hydrogen) atoms. The fraction of sp³-hybridized carbons (Fsp3) is 0.185. The van der Waals surface area contributed by atoms with Crippen molar-refractivity contribution >= 4 is 39.2 Å². The lowest BCUT2D eigenvalue weighted by Gasteiger charge is -2.18. The van der Waals surface area contributed by atoms with E-state index in [1.54, 1.807) is 17.3 Å². The zero-order chi connectivity index (χ0) is 19.6. The van der Waals surface area contributed by atoms with Crippen molar-refractivity contribution in [3.05, 3.63) is 89.5 Å². The van der Waals surface area contributed by atoms with Crippen LogP contribution in [0.15, 0.2) is 77.8 Å². The molecule has 1 heterocycles. The number of carbonyl (C=O) groups is 1. The third-order valence-corrected chi connectivity index (χ3v) is 5.97. The predicted molar refractivity (Wildman–Crippen MR) is 122 cm³/mol. The Labute approximate surface area is 170 Å². The number of para-hydroxylation sites is 1. The van der Waals surface area contributed by atoms with Crippen molar-refractivity contribution in [2.75, 3.05) is 0 Å². The highest BCUT2D eigenvalue weighted by Crippen LogP contribution is 2.33. The lowest BCUT2D eigenvalue weighted by atomic mass is 9.86. The van der Waals surface area contributed by atoms with Crippen molar-refractivity contribution in [3.63, 3.8) is 0 Å². The molecular weight excluding hydrogens is 354 g/mol. The number of ketones is 1. The molecule has 0 saturated carbocycles. The van der Waals surface area contributed by atoms with Crippen LogP contribution in [0.25, 0.3) is 21.5 Å². The van der Waals surface area contributed by atoms with Crippen LogP contribution in [0.2, 0.25) is 0 Å². The van der Waals surface area contributed by atoms with E-state index in [0.29, 0.717) is 6.42 Å². The van der Waals surface area contributed by atoms with Gasteiger partial charge in [-0.05, 0) is 70.5 Å². The summed E-state index contributed by atoms with van der Waals surface area (Å²) in [5, 5.41) is 5.64. The fourth-order valence-electron chi connectivity index (χ4n) is 4.50. The summed E-state index contributed by atoms with van der Waals surface area (Å²) in [5.41, 5.74) is 4.72. The van der Waals surface area contributed by atoms with Crippen molar-refractivity contribution in [1.29, 1.82) is 0 Å². The van der Waals surface area contributed by atoms with Crippen LogP contribution >= 0.6 is 0 Å². The molecule has 2 nitrogen and oxygen atoms in total. The molecule has 2 aliphatic rings. The Morgan fingerprint density at radius 1 is 0.690 bits per heavy atom. The van der Waals surface area contributed by atoms with Crippen molar-refractivity contribution in [2.45, 2.75) is 32.1 Å². The second kappa shape index (κ2) is 7.63. The first kappa shape index (κ1) is 17.8. The van der Waals surface area contributed by atoms with Crippen LogP contribution in [0.3, 0.4) is 0 Å². The molecule has 0 fully saturated rings. The minimum absolute atomic E-state index is 0.163. The molecule has 0 saturated heterocycles. The van der Waals surface area contributed by atoms with Gasteiger partial charge in [-0.25, -0.2) is 0 Å². The Morgan fingerprint density at radius 3 is 2.41 bits per heavy atom. The Kier molecular flexibility index (Phi) is 4.69. The van der Waals surface area contributed by atoms with Gasteiger partial charge in [0.25, 0.3) is 0 Å². The molecule has 1 aliphatic heterocycles. The van der Waals surface area contributed by atoms with Crippen molar-refractivity contribution < 1.29 is 4.79 Å². The summed E-state index contributed by atoms with van der Waals surface area (Å²) < 4.78 is 0. The van der Waals surface area contributed by atoms with Crippen LogP contribution in [0.5, 0.6) is 0 Å². The van der Waals surface area contributed by atoms with Gasteiger partial charge >= 0.3 is 0 Å². The summed E-state index contributed by atoms with van der Waals surface area (Å²) in [6.07, 6.45) is 7.32. The molecule has 0 atom stereocenters. The second-order valence-electron chi connectivity index (χ2n) is 7.75. The number of hydrogen-bond donors (Lipinski definition) is 0. The van der Waals surface area contributed by atoms with Crippen LogP contribution in [0.4, 0.5) is 5.69 Å². The largest absolute Gasteiger partial charge is 0.294 e. The Balaban J connectivity index is 0.000000142. The predicted octanol–water partition coefficient (Wildman–Crippen LogP) is 6.85. The molecule has 142 valence electrons. The van der Waals surface area contributed by atoms with Crippen LogP contribution in [0, 0.1) is 0 Å². The highest BCUT2D eigenvalue weighted by molar-refractivity contribution is 6.10. The molecule has 4 aromatic rings. The smallest absolute Gasteiger partial charge is 0.170 e. The van der Waals surface area contributed by atoms with E-state index in [4.69, 9.17) is 0 Å². The van der Waals surface area contributed by atoms with E-state index in [9.17, 15) is 4.79 Å². The quantitative estimate of drug-likeness (QED) is 0.308. The SMILES string of the molecule is O=C1CC=Nc2ccccc21.c1ccc2c(c1)ccc1c3c(ccc12)CCCC3. The molecule has 0 unspecified atom stereocenters. The number of nitrogens with zero attached hydrogens (tertiary/aromatic N) is 1. The molecule has 0 radical (unpaired) electrons. The lowest BCUT2D eigenvalue weighted by Crippen LogP contribution is -2.03. The number of aliphatic imine (C=N–C) groups is 1. The molecule has 0 aromatic heterocycles. The van der Waals surface area contributed by atoms with E-state index in [-0.39, 0.29) is 5.78 Å². The van der Waals surface area contributed by atoms with Gasteiger partial charge < -0.3 is 0 Å². The Hall–Kier alpha value is -3.26. The number of fused-ring (bicyclic) bond motifs is 6. The minimum atomic E-state index is 0.163. The molecular formula is C27H23NO. The maximum Gasteiger partial charge on any atom is 0.170 e. The molecule has 0 amide bonds. The zero-order valence-corrected chi connectivity index (χ0v) is 16.4. The third kappa shape index (κ3) is 3.36. The highest BCUT2D eigenvalue weighted by Gasteiger charge is 2.13. The van der Waals surface area contributed by atoms with Gasteiger partial charge in [0.2, 0.25) is 0 Å². The summed E-state index contributed by atoms with van der Waals surface area (Å²) in [5.74, 6) is 0.163. The normalized spacial score (nSPS) is 14.8. The highest BCUT2D eigenvalue weighted by atomic mass is 16.1. The third-order valence-electron chi connectivity index (χ3n) is 5.97. The number of carbonyl (C=O) groups excluding carboxylic acids is 1. The van der Waals surface area contributed by atoms with Crippen LogP contribution in [-0.2, 0) is 12.8 Å². The van der Waals surface area contributed by atoms with Crippen LogP contribution < -0.4 is 0 Å². The van der Waals surface area contributed by atoms with Crippen molar-refractivity contribution in [1.82, 2.24) is 0 Å². The first-order chi connectivity index (χ1) is 14.3. The number of Topliss-reactive ketones (excluding diaryl/α,β-unsaturated/α-hetero) is 1. The monoisotopic (exact) mass is 377 g/mol. The van der Waals surface area contributed by atoms with E-state index in [1.165, 1.54) is 47.2 Å². The zero-order valence-electron chi connectivity index (χ0n) is 16.4. The van der Waals surface area contributed by atoms with E-state index in [0.717, 1.165) is 11.3 Å². The number of hydrogen-bond acceptors (Lipinski definition) is 2. The van der Waals surface area contributed by atoms with E-state index in [2.05, 4.69) is 53.5 Å². The Morgan fingerprint density at radius 2 is 1.48 bits per heavy atom. The van der Waals surface area contributed by atoms with Gasteiger partial charge in [0.1, 0.15) is 0 Å². The minimum Gasteiger partial charge on any atom is -0.294 e. The van der Waals surface area contributed by atoms with Gasteiger partial charge in [0.15, 0.2) is 5.78 Å². The Bertz CT molecular complexity index is 1250. The molecule has 0 bridgehead atoms. The first-order valence-electron chi connectivity index (χ1n) is 10.4. The molecule has 2 heteroatoms. The summed E-state index contributed by atoms with van der Waals surface area (Å²) >= 11 is 0. The van der Waals surface area contributed by atoms with Gasteiger partial charge in [-0.3, -0.25) is 9.79 Å². The van der Waals surface area contributed by atoms with Gasteiger partial charge in [-0.2, -0.15) is 0 Å². The number of aryl methyl sites for hydroxylation is 2. The molecule has 4 aromatic carbocycles. The topological polar surface area (TPSA) is 29.4 Å². The fourth-order valence-corrected chi connectivity index (χ4v) is 4.50. The molecule has 6 rings (SSSR count). The van der Waals surface area contributed by atoms with E-state index >= 15 is 0 Å². The average molecular weight is 377 g/mol. The maximum atomic E-state index is 11.2. The second-order valence-corrected chi connectivity index (χ2v) is 7.75. The summed E-state index contributed by atoms with van der Waals surface area (Å²) in [7, 11) is 0. The van der Waals surface area contributed by atoms with Gasteiger partial charge in [0.05, 0.1) is 5.69 Å². The lowest BCUT2D eigenvalue weighted by molar-refractivity contribution is 0.100. The number of benzene rings is 4. The number of rotatable bonds is 0. The van der Waals surface area contributed by atoms with E-state index < -0.39 is 0 Å². The summed E-state index contributed by atoms with van der Waals surface area (Å²) in [4.78, 5) is 15.3. The van der Waals surface area contributed by atoms with Crippen molar-refractivity contribution in [3.8, 4) is 0 Å².